The van der Waals surface area contributed by atoms with Crippen LogP contribution in [0.25, 0.3) is 0 Å². The second-order valence-corrected chi connectivity index (χ2v) is 4.33. The van der Waals surface area contributed by atoms with Crippen molar-refractivity contribution < 1.29 is 19.2 Å². The van der Waals surface area contributed by atoms with Crippen molar-refractivity contribution in [2.45, 2.75) is 33.7 Å². The molecule has 19 heavy (non-hydrogen) atoms. The van der Waals surface area contributed by atoms with Crippen molar-refractivity contribution in [1.82, 2.24) is 15.7 Å². The second-order valence-electron chi connectivity index (χ2n) is 4.33. The zero-order valence-corrected chi connectivity index (χ0v) is 11.8. The third kappa shape index (κ3) is 4.44. The lowest BCUT2D eigenvalue weighted by Gasteiger charge is -2.14. The minimum atomic E-state index is -0.474. The highest BCUT2D eigenvalue weighted by Gasteiger charge is 2.30. The molecule has 0 spiro atoms. The average Bonchev–Trinajstić information content (AvgIpc) is 2.71. The molecule has 0 fully saturated rings. The van der Waals surface area contributed by atoms with Crippen molar-refractivity contribution in [3.05, 3.63) is 11.5 Å². The van der Waals surface area contributed by atoms with Gasteiger partial charge in [-0.15, -0.1) is 5.06 Å². The van der Waals surface area contributed by atoms with E-state index in [9.17, 15) is 9.59 Å². The molecule has 0 bridgehead atoms. The lowest BCUT2D eigenvalue weighted by atomic mass is 10.3. The van der Waals surface area contributed by atoms with Gasteiger partial charge in [0.15, 0.2) is 0 Å². The van der Waals surface area contributed by atoms with E-state index in [0.717, 1.165) is 0 Å². The van der Waals surface area contributed by atoms with E-state index in [4.69, 9.17) is 9.57 Å². The van der Waals surface area contributed by atoms with Gasteiger partial charge in [0.25, 0.3) is 0 Å². The highest BCUT2D eigenvalue weighted by molar-refractivity contribution is 5.91. The lowest BCUT2D eigenvalue weighted by Crippen LogP contribution is -2.39. The van der Waals surface area contributed by atoms with Crippen molar-refractivity contribution in [3.63, 3.8) is 0 Å². The molecular formula is C12H21N3O4. The van der Waals surface area contributed by atoms with Crippen molar-refractivity contribution in [2.24, 2.45) is 0 Å². The van der Waals surface area contributed by atoms with E-state index in [1.165, 1.54) is 0 Å². The summed E-state index contributed by atoms with van der Waals surface area (Å²) >= 11 is 0. The van der Waals surface area contributed by atoms with E-state index < -0.39 is 12.0 Å². The molecule has 1 rings (SSSR count). The Kier molecular flexibility index (Phi) is 5.62. The van der Waals surface area contributed by atoms with Crippen LogP contribution in [0.5, 0.6) is 0 Å². The van der Waals surface area contributed by atoms with Gasteiger partial charge in [-0.05, 0) is 27.7 Å². The molecule has 108 valence electrons. The van der Waals surface area contributed by atoms with Gasteiger partial charge in [0, 0.05) is 12.6 Å². The fourth-order valence-electron chi connectivity index (χ4n) is 1.52. The number of nitrogens with zero attached hydrogens (tertiary/aromatic N) is 1. The Balaban J connectivity index is 2.75. The molecule has 1 heterocycles. The van der Waals surface area contributed by atoms with Gasteiger partial charge in [0.1, 0.15) is 5.57 Å². The summed E-state index contributed by atoms with van der Waals surface area (Å²) in [4.78, 5) is 28.8. The quantitative estimate of drug-likeness (QED) is 0.721. The fraction of sp³-hybridized carbons (Fsp3) is 0.667. The number of carbonyl (C=O) groups is 2. The molecule has 0 saturated heterocycles. The van der Waals surface area contributed by atoms with Crippen LogP contribution in [0.15, 0.2) is 11.5 Å². The van der Waals surface area contributed by atoms with Crippen LogP contribution in [0.1, 0.15) is 27.7 Å². The summed E-state index contributed by atoms with van der Waals surface area (Å²) in [5.74, 6) is -0.336. The maximum Gasteiger partial charge on any atom is 0.340 e. The zero-order chi connectivity index (χ0) is 14.4. The maximum absolute atomic E-state index is 11.8. The summed E-state index contributed by atoms with van der Waals surface area (Å²) in [5, 5.41) is 6.75. The van der Waals surface area contributed by atoms with Gasteiger partial charge in [-0.1, -0.05) is 0 Å². The SMILES string of the molecule is CCOC(=O)C1=C(NC(=O)NC(C)C)ON(CC)C1. The molecular weight excluding hydrogens is 250 g/mol. The summed E-state index contributed by atoms with van der Waals surface area (Å²) in [6.07, 6.45) is 0. The van der Waals surface area contributed by atoms with E-state index in [-0.39, 0.29) is 18.5 Å². The van der Waals surface area contributed by atoms with E-state index in [1.807, 2.05) is 20.8 Å². The molecule has 0 aromatic carbocycles. The first-order chi connectivity index (χ1) is 8.97. The molecule has 0 atom stereocenters. The number of amides is 2. The predicted octanol–water partition coefficient (Wildman–Crippen LogP) is 0.736. The minimum absolute atomic E-state index is 0.00433. The highest BCUT2D eigenvalue weighted by atomic mass is 16.7. The van der Waals surface area contributed by atoms with Crippen LogP contribution >= 0.6 is 0 Å². The number of rotatable bonds is 5. The smallest absolute Gasteiger partial charge is 0.340 e. The van der Waals surface area contributed by atoms with Crippen LogP contribution in [0.4, 0.5) is 4.79 Å². The first-order valence-electron chi connectivity index (χ1n) is 6.38. The van der Waals surface area contributed by atoms with E-state index in [2.05, 4.69) is 10.6 Å². The van der Waals surface area contributed by atoms with Gasteiger partial charge in [-0.2, -0.15) is 0 Å². The number of esters is 1. The Labute approximate surface area is 112 Å². The molecule has 0 aliphatic carbocycles. The normalized spacial score (nSPS) is 15.4. The van der Waals surface area contributed by atoms with Gasteiger partial charge < -0.3 is 14.9 Å². The number of likely N-dealkylation sites (N-methyl/N-ethyl adjacent to an activating group) is 1. The number of carbonyl (C=O) groups excluding carboxylic acids is 2. The summed E-state index contributed by atoms with van der Waals surface area (Å²) in [5.41, 5.74) is 0.322. The summed E-state index contributed by atoms with van der Waals surface area (Å²) < 4.78 is 4.94. The second kappa shape index (κ2) is 6.98. The minimum Gasteiger partial charge on any atom is -0.462 e. The van der Waals surface area contributed by atoms with Crippen molar-refractivity contribution in [3.8, 4) is 0 Å². The average molecular weight is 271 g/mol. The molecule has 0 aromatic heterocycles. The number of hydroxylamine groups is 2. The topological polar surface area (TPSA) is 79.9 Å². The van der Waals surface area contributed by atoms with Gasteiger partial charge in [-0.25, -0.2) is 9.59 Å². The zero-order valence-electron chi connectivity index (χ0n) is 11.8. The summed E-state index contributed by atoms with van der Waals surface area (Å²) in [6, 6.07) is -0.417. The van der Waals surface area contributed by atoms with Crippen molar-refractivity contribution in [2.75, 3.05) is 19.7 Å². The van der Waals surface area contributed by atoms with Crippen LogP contribution < -0.4 is 10.6 Å². The van der Waals surface area contributed by atoms with Gasteiger partial charge in [-0.3, -0.25) is 5.32 Å². The molecule has 1 aliphatic rings. The van der Waals surface area contributed by atoms with E-state index in [0.29, 0.717) is 18.7 Å². The van der Waals surface area contributed by atoms with Crippen LogP contribution in [-0.4, -0.2) is 42.8 Å². The van der Waals surface area contributed by atoms with Crippen LogP contribution in [0.2, 0.25) is 0 Å². The Morgan fingerprint density at radius 2 is 2.11 bits per heavy atom. The first kappa shape index (κ1) is 15.3. The maximum atomic E-state index is 11.8. The van der Waals surface area contributed by atoms with E-state index in [1.54, 1.807) is 12.0 Å². The molecule has 2 N–H and O–H groups in total. The summed E-state index contributed by atoms with van der Waals surface area (Å²) in [6.45, 7) is 8.47. The number of hydrogen-bond acceptors (Lipinski definition) is 5. The number of ether oxygens (including phenoxy) is 1. The van der Waals surface area contributed by atoms with E-state index >= 15 is 0 Å². The molecule has 0 saturated carbocycles. The molecule has 7 nitrogen and oxygen atoms in total. The molecule has 2 amide bonds. The Morgan fingerprint density at radius 1 is 1.42 bits per heavy atom. The van der Waals surface area contributed by atoms with Crippen molar-refractivity contribution >= 4 is 12.0 Å². The van der Waals surface area contributed by atoms with Gasteiger partial charge >= 0.3 is 12.0 Å². The molecule has 0 radical (unpaired) electrons. The predicted molar refractivity (Wildman–Crippen MR) is 68.8 cm³/mol. The van der Waals surface area contributed by atoms with Gasteiger partial charge in [0.05, 0.1) is 13.2 Å². The largest absolute Gasteiger partial charge is 0.462 e. The summed E-state index contributed by atoms with van der Waals surface area (Å²) in [7, 11) is 0. The number of nitrogens with one attached hydrogen (secondary N) is 2. The highest BCUT2D eigenvalue weighted by Crippen LogP contribution is 2.18. The fourth-order valence-corrected chi connectivity index (χ4v) is 1.52. The molecule has 1 aliphatic heterocycles. The van der Waals surface area contributed by atoms with Crippen LogP contribution in [0, 0.1) is 0 Å². The first-order valence-corrected chi connectivity index (χ1v) is 6.38. The molecule has 0 unspecified atom stereocenters. The van der Waals surface area contributed by atoms with Gasteiger partial charge in [0.2, 0.25) is 5.88 Å². The Bertz CT molecular complexity index is 379. The van der Waals surface area contributed by atoms with Crippen LogP contribution in [-0.2, 0) is 14.4 Å². The monoisotopic (exact) mass is 271 g/mol. The standard InChI is InChI=1S/C12H21N3O4/c1-5-15-7-9(11(16)18-6-2)10(19-15)14-12(17)13-8(3)4/h8H,5-7H2,1-4H3,(H2,13,14,17). The Morgan fingerprint density at radius 3 is 2.63 bits per heavy atom. The third-order valence-electron chi connectivity index (χ3n) is 2.35. The van der Waals surface area contributed by atoms with Crippen LogP contribution in [0.3, 0.4) is 0 Å². The molecule has 7 heteroatoms. The Hall–Kier alpha value is -1.76. The molecule has 0 aromatic rings. The lowest BCUT2D eigenvalue weighted by molar-refractivity contribution is -0.138. The third-order valence-corrected chi connectivity index (χ3v) is 2.35. The number of hydrogen-bond donors (Lipinski definition) is 2. The van der Waals surface area contributed by atoms with Crippen molar-refractivity contribution in [1.29, 1.82) is 0 Å². The number of urea groups is 1.